The average molecular weight is 304 g/mol. The fourth-order valence-corrected chi connectivity index (χ4v) is 2.71. The Morgan fingerprint density at radius 1 is 1.00 bits per heavy atom. The van der Waals surface area contributed by atoms with E-state index in [9.17, 15) is 4.79 Å². The number of pyridine rings is 1. The topological polar surface area (TPSA) is 33.2 Å². The van der Waals surface area contributed by atoms with Crippen molar-refractivity contribution in [2.24, 2.45) is 0 Å². The van der Waals surface area contributed by atoms with Crippen LogP contribution in [0.5, 0.6) is 0 Å². The first-order valence-corrected chi connectivity index (χ1v) is 8.02. The molecule has 116 valence electrons. The molecule has 3 heteroatoms. The summed E-state index contributed by atoms with van der Waals surface area (Å²) < 4.78 is 0. The van der Waals surface area contributed by atoms with Crippen molar-refractivity contribution in [2.45, 2.75) is 19.8 Å². The van der Waals surface area contributed by atoms with E-state index in [-0.39, 0.29) is 5.91 Å². The lowest BCUT2D eigenvalue weighted by atomic mass is 10.1. The minimum atomic E-state index is 0.0308. The first-order valence-electron chi connectivity index (χ1n) is 8.02. The largest absolute Gasteiger partial charge is 0.308 e. The summed E-state index contributed by atoms with van der Waals surface area (Å²) in [4.78, 5) is 19.4. The van der Waals surface area contributed by atoms with Crippen LogP contribution in [0.3, 0.4) is 0 Å². The van der Waals surface area contributed by atoms with Crippen molar-refractivity contribution in [1.29, 1.82) is 0 Å². The number of carbonyl (C=O) groups is 1. The van der Waals surface area contributed by atoms with E-state index < -0.39 is 0 Å². The summed E-state index contributed by atoms with van der Waals surface area (Å²) in [5, 5.41) is 0.900. The van der Waals surface area contributed by atoms with Crippen LogP contribution in [0, 0.1) is 0 Å². The summed E-state index contributed by atoms with van der Waals surface area (Å²) in [7, 11) is 0. The fourth-order valence-electron chi connectivity index (χ4n) is 2.71. The van der Waals surface area contributed by atoms with E-state index in [4.69, 9.17) is 0 Å². The molecule has 0 saturated heterocycles. The fraction of sp³-hybridized carbons (Fsp3) is 0.200. The maximum atomic E-state index is 13.2. The highest BCUT2D eigenvalue weighted by molar-refractivity contribution is 6.13. The van der Waals surface area contributed by atoms with Crippen molar-refractivity contribution in [3.8, 4) is 0 Å². The van der Waals surface area contributed by atoms with Crippen molar-refractivity contribution >= 4 is 22.5 Å². The Labute approximate surface area is 136 Å². The second-order valence-corrected chi connectivity index (χ2v) is 5.52. The van der Waals surface area contributed by atoms with E-state index in [1.807, 2.05) is 65.6 Å². The van der Waals surface area contributed by atoms with Gasteiger partial charge in [-0.05, 0) is 36.8 Å². The van der Waals surface area contributed by atoms with Crippen LogP contribution in [0.2, 0.25) is 0 Å². The van der Waals surface area contributed by atoms with Crippen molar-refractivity contribution in [3.05, 3.63) is 72.4 Å². The van der Waals surface area contributed by atoms with Gasteiger partial charge in [-0.2, -0.15) is 0 Å². The molecule has 0 fully saturated rings. The molecule has 3 aromatic rings. The Morgan fingerprint density at radius 2 is 1.83 bits per heavy atom. The number of hydrogen-bond acceptors (Lipinski definition) is 2. The third kappa shape index (κ3) is 3.24. The van der Waals surface area contributed by atoms with Gasteiger partial charge in [-0.1, -0.05) is 43.7 Å². The van der Waals surface area contributed by atoms with Gasteiger partial charge in [0.25, 0.3) is 5.91 Å². The molecule has 0 saturated carbocycles. The van der Waals surface area contributed by atoms with Gasteiger partial charge in [0.2, 0.25) is 0 Å². The van der Waals surface area contributed by atoms with Crippen LogP contribution < -0.4 is 4.90 Å². The summed E-state index contributed by atoms with van der Waals surface area (Å²) in [6, 6.07) is 19.4. The number of fused-ring (bicyclic) bond motifs is 1. The molecule has 2 aromatic carbocycles. The summed E-state index contributed by atoms with van der Waals surface area (Å²) in [6.07, 6.45) is 3.78. The highest BCUT2D eigenvalue weighted by atomic mass is 16.2. The zero-order valence-corrected chi connectivity index (χ0v) is 13.3. The monoisotopic (exact) mass is 304 g/mol. The highest BCUT2D eigenvalue weighted by Crippen LogP contribution is 2.22. The number of hydrogen-bond donors (Lipinski definition) is 0. The predicted molar refractivity (Wildman–Crippen MR) is 94.8 cm³/mol. The van der Waals surface area contributed by atoms with Crippen LogP contribution >= 0.6 is 0 Å². The predicted octanol–water partition coefficient (Wildman–Crippen LogP) is 4.68. The third-order valence-corrected chi connectivity index (χ3v) is 3.92. The van der Waals surface area contributed by atoms with E-state index in [0.29, 0.717) is 5.56 Å². The quantitative estimate of drug-likeness (QED) is 0.685. The van der Waals surface area contributed by atoms with Gasteiger partial charge in [0.05, 0.1) is 5.52 Å². The van der Waals surface area contributed by atoms with Crippen molar-refractivity contribution in [1.82, 2.24) is 4.98 Å². The van der Waals surface area contributed by atoms with E-state index in [1.165, 1.54) is 0 Å². The molecule has 0 atom stereocenters. The number of nitrogens with zero attached hydrogens (tertiary/aromatic N) is 2. The number of carbonyl (C=O) groups excluding carboxylic acids is 1. The zero-order valence-electron chi connectivity index (χ0n) is 13.3. The molecule has 23 heavy (non-hydrogen) atoms. The van der Waals surface area contributed by atoms with E-state index in [2.05, 4.69) is 11.9 Å². The number of amides is 1. The summed E-state index contributed by atoms with van der Waals surface area (Å²) in [5.74, 6) is 0.0308. The Balaban J connectivity index is 2.03. The Kier molecular flexibility index (Phi) is 4.67. The van der Waals surface area contributed by atoms with Crippen LogP contribution in [0.15, 0.2) is 66.9 Å². The molecule has 0 aliphatic heterocycles. The second-order valence-electron chi connectivity index (χ2n) is 5.52. The summed E-state index contributed by atoms with van der Waals surface area (Å²) >= 11 is 0. The summed E-state index contributed by atoms with van der Waals surface area (Å²) in [5.41, 5.74) is 2.49. The van der Waals surface area contributed by atoms with Crippen LogP contribution in [0.1, 0.15) is 30.1 Å². The number of aromatic nitrogens is 1. The van der Waals surface area contributed by atoms with Gasteiger partial charge in [-0.3, -0.25) is 9.78 Å². The number of anilines is 1. The molecule has 0 N–H and O–H groups in total. The smallest absolute Gasteiger partial charge is 0.258 e. The van der Waals surface area contributed by atoms with Gasteiger partial charge in [0.1, 0.15) is 0 Å². The molecule has 1 aromatic heterocycles. The van der Waals surface area contributed by atoms with Crippen LogP contribution in [-0.2, 0) is 0 Å². The second kappa shape index (κ2) is 7.05. The maximum absolute atomic E-state index is 13.2. The summed E-state index contributed by atoms with van der Waals surface area (Å²) in [6.45, 7) is 2.85. The molecule has 0 spiro atoms. The normalized spacial score (nSPS) is 10.7. The van der Waals surface area contributed by atoms with Gasteiger partial charge in [-0.25, -0.2) is 0 Å². The maximum Gasteiger partial charge on any atom is 0.258 e. The number of unbranched alkanes of at least 4 members (excludes halogenated alkanes) is 1. The molecule has 0 aliphatic rings. The van der Waals surface area contributed by atoms with Crippen molar-refractivity contribution in [2.75, 3.05) is 11.4 Å². The molecule has 0 unspecified atom stereocenters. The molecule has 0 aliphatic carbocycles. The lowest BCUT2D eigenvalue weighted by molar-refractivity contribution is 0.0988. The average Bonchev–Trinajstić information content (AvgIpc) is 2.62. The molecular formula is C20H20N2O. The molecule has 0 radical (unpaired) electrons. The number of para-hydroxylation sites is 1. The van der Waals surface area contributed by atoms with E-state index in [1.54, 1.807) is 6.20 Å². The number of benzene rings is 2. The van der Waals surface area contributed by atoms with Crippen LogP contribution in [0.25, 0.3) is 10.9 Å². The first-order chi connectivity index (χ1) is 11.3. The molecule has 1 heterocycles. The Hall–Kier alpha value is -2.68. The van der Waals surface area contributed by atoms with E-state index >= 15 is 0 Å². The van der Waals surface area contributed by atoms with Crippen LogP contribution in [0.4, 0.5) is 5.69 Å². The Morgan fingerprint density at radius 3 is 2.61 bits per heavy atom. The van der Waals surface area contributed by atoms with E-state index in [0.717, 1.165) is 36.0 Å². The minimum absolute atomic E-state index is 0.0308. The van der Waals surface area contributed by atoms with Crippen molar-refractivity contribution in [3.63, 3.8) is 0 Å². The SMILES string of the molecule is CCCCN(C(=O)c1cccc2ncccc12)c1ccccc1. The molecular weight excluding hydrogens is 284 g/mol. The van der Waals surface area contributed by atoms with Gasteiger partial charge in [-0.15, -0.1) is 0 Å². The first kappa shape index (κ1) is 15.2. The minimum Gasteiger partial charge on any atom is -0.308 e. The number of rotatable bonds is 5. The Bertz CT molecular complexity index is 794. The molecule has 3 rings (SSSR count). The van der Waals surface area contributed by atoms with Gasteiger partial charge in [0, 0.05) is 29.4 Å². The van der Waals surface area contributed by atoms with Crippen molar-refractivity contribution < 1.29 is 4.79 Å². The molecule has 1 amide bonds. The zero-order chi connectivity index (χ0) is 16.1. The molecule has 3 nitrogen and oxygen atoms in total. The standard InChI is InChI=1S/C20H20N2O/c1-2-3-15-22(16-9-5-4-6-10-16)20(23)18-11-7-13-19-17(18)12-8-14-21-19/h4-14H,2-3,15H2,1H3. The van der Waals surface area contributed by atoms with Gasteiger partial charge < -0.3 is 4.90 Å². The van der Waals surface area contributed by atoms with Gasteiger partial charge in [0.15, 0.2) is 0 Å². The third-order valence-electron chi connectivity index (χ3n) is 3.92. The molecule has 0 bridgehead atoms. The lowest BCUT2D eigenvalue weighted by Gasteiger charge is -2.23. The van der Waals surface area contributed by atoms with Gasteiger partial charge >= 0.3 is 0 Å². The highest BCUT2D eigenvalue weighted by Gasteiger charge is 2.19. The lowest BCUT2D eigenvalue weighted by Crippen LogP contribution is -2.32. The van der Waals surface area contributed by atoms with Crippen LogP contribution in [-0.4, -0.2) is 17.4 Å².